The SMILES string of the molecule is CC(=O)N1CCN(Cc2cccc(-c3cc4c(N[C@H](c5ccc6c(c5)S(=O)(=O)CCC6)C(C)C)ncnc4[nH]3)c2)CC1. The number of hydrogen-bond donors (Lipinski definition) is 2. The molecule has 1 atom stereocenters. The summed E-state index contributed by atoms with van der Waals surface area (Å²) in [5, 5.41) is 4.50. The molecule has 2 aliphatic heterocycles. The Morgan fingerprint density at radius 3 is 2.62 bits per heavy atom. The highest BCUT2D eigenvalue weighted by atomic mass is 32.2. The standard InChI is InChI=1S/C32H38N6O3S/c1-21(2)30(26-10-9-24-8-5-15-42(40,41)29(24)17-26)36-32-27-18-28(35-31(27)33-20-34-32)25-7-4-6-23(16-25)19-37-11-13-38(14-12-37)22(3)39/h4,6-7,9-10,16-18,20-21,30H,5,8,11-15,19H2,1-3H3,(H2,33,34,35,36)/t30-/m0/s1. The molecule has 4 aromatic rings. The van der Waals surface area contributed by atoms with Crippen LogP contribution in [0.3, 0.4) is 0 Å². The summed E-state index contributed by atoms with van der Waals surface area (Å²) in [5.74, 6) is 1.25. The molecule has 2 N–H and O–H groups in total. The number of benzene rings is 2. The molecule has 1 amide bonds. The van der Waals surface area contributed by atoms with E-state index in [9.17, 15) is 13.2 Å². The second-order valence-electron chi connectivity index (χ2n) is 11.8. The summed E-state index contributed by atoms with van der Waals surface area (Å²) in [5.41, 5.74) is 5.83. The Morgan fingerprint density at radius 2 is 1.86 bits per heavy atom. The highest BCUT2D eigenvalue weighted by Crippen LogP contribution is 2.34. The molecule has 6 rings (SSSR count). The zero-order chi connectivity index (χ0) is 29.4. The van der Waals surface area contributed by atoms with Crippen LogP contribution in [0.4, 0.5) is 5.82 Å². The molecular weight excluding hydrogens is 548 g/mol. The molecule has 2 aromatic carbocycles. The highest BCUT2D eigenvalue weighted by Gasteiger charge is 2.27. The van der Waals surface area contributed by atoms with Crippen molar-refractivity contribution >= 4 is 32.6 Å². The number of rotatable bonds is 7. The van der Waals surface area contributed by atoms with Gasteiger partial charge in [0.15, 0.2) is 9.84 Å². The Morgan fingerprint density at radius 1 is 1.05 bits per heavy atom. The summed E-state index contributed by atoms with van der Waals surface area (Å²) in [6.45, 7) is 9.99. The summed E-state index contributed by atoms with van der Waals surface area (Å²) >= 11 is 0. The molecular formula is C32H38N6O3S. The lowest BCUT2D eigenvalue weighted by Crippen LogP contribution is -2.47. The first-order valence-corrected chi connectivity index (χ1v) is 16.4. The number of aryl methyl sites for hydroxylation is 1. The molecule has 42 heavy (non-hydrogen) atoms. The highest BCUT2D eigenvalue weighted by molar-refractivity contribution is 7.91. The van der Waals surface area contributed by atoms with Crippen LogP contribution < -0.4 is 5.32 Å². The van der Waals surface area contributed by atoms with Gasteiger partial charge in [-0.15, -0.1) is 0 Å². The Bertz CT molecular complexity index is 1720. The van der Waals surface area contributed by atoms with Crippen molar-refractivity contribution in [1.82, 2.24) is 24.8 Å². The number of H-pyrrole nitrogens is 1. The Balaban J connectivity index is 1.25. The molecule has 0 spiro atoms. The van der Waals surface area contributed by atoms with Crippen molar-refractivity contribution < 1.29 is 13.2 Å². The molecule has 0 unspecified atom stereocenters. The van der Waals surface area contributed by atoms with Crippen LogP contribution in [0.25, 0.3) is 22.3 Å². The number of fused-ring (bicyclic) bond motifs is 2. The molecule has 0 radical (unpaired) electrons. The fourth-order valence-corrected chi connectivity index (χ4v) is 7.76. The molecule has 1 fully saturated rings. The van der Waals surface area contributed by atoms with Crippen LogP contribution in [0, 0.1) is 5.92 Å². The van der Waals surface area contributed by atoms with E-state index in [-0.39, 0.29) is 23.6 Å². The van der Waals surface area contributed by atoms with Gasteiger partial charge in [-0.3, -0.25) is 9.69 Å². The van der Waals surface area contributed by atoms with Gasteiger partial charge in [0.2, 0.25) is 5.91 Å². The van der Waals surface area contributed by atoms with Crippen molar-refractivity contribution in [3.05, 3.63) is 71.5 Å². The first kappa shape index (κ1) is 28.4. The molecule has 1 saturated heterocycles. The van der Waals surface area contributed by atoms with Gasteiger partial charge < -0.3 is 15.2 Å². The van der Waals surface area contributed by atoms with E-state index in [0.29, 0.717) is 17.1 Å². The number of sulfone groups is 1. The van der Waals surface area contributed by atoms with E-state index < -0.39 is 9.84 Å². The number of piperazine rings is 1. The Kier molecular flexibility index (Phi) is 7.76. The largest absolute Gasteiger partial charge is 0.362 e. The third-order valence-corrected chi connectivity index (χ3v) is 10.4. The van der Waals surface area contributed by atoms with Gasteiger partial charge in [-0.2, -0.15) is 0 Å². The van der Waals surface area contributed by atoms with Crippen molar-refractivity contribution in [1.29, 1.82) is 0 Å². The number of aromatic nitrogens is 3. The molecule has 4 heterocycles. The molecule has 9 nitrogen and oxygen atoms in total. The first-order chi connectivity index (χ1) is 20.2. The second-order valence-corrected chi connectivity index (χ2v) is 13.9. The monoisotopic (exact) mass is 586 g/mol. The number of nitrogens with zero attached hydrogens (tertiary/aromatic N) is 4. The lowest BCUT2D eigenvalue weighted by atomic mass is 9.94. The van der Waals surface area contributed by atoms with Crippen LogP contribution >= 0.6 is 0 Å². The van der Waals surface area contributed by atoms with Crippen molar-refractivity contribution in [3.8, 4) is 11.3 Å². The summed E-state index contributed by atoms with van der Waals surface area (Å²) in [4.78, 5) is 29.0. The van der Waals surface area contributed by atoms with Gasteiger partial charge in [-0.05, 0) is 59.2 Å². The van der Waals surface area contributed by atoms with Crippen molar-refractivity contribution in [3.63, 3.8) is 0 Å². The maximum atomic E-state index is 12.8. The van der Waals surface area contributed by atoms with Gasteiger partial charge in [0.1, 0.15) is 17.8 Å². The normalized spacial score (nSPS) is 17.8. The molecule has 0 saturated carbocycles. The number of carbonyl (C=O) groups is 1. The minimum absolute atomic E-state index is 0.129. The lowest BCUT2D eigenvalue weighted by Gasteiger charge is -2.34. The molecule has 0 bridgehead atoms. The molecule has 2 aromatic heterocycles. The summed E-state index contributed by atoms with van der Waals surface area (Å²) < 4.78 is 25.6. The molecule has 2 aliphatic rings. The maximum absolute atomic E-state index is 12.8. The van der Waals surface area contributed by atoms with Crippen LogP contribution in [0.2, 0.25) is 0 Å². The average Bonchev–Trinajstić information content (AvgIpc) is 3.41. The quantitative estimate of drug-likeness (QED) is 0.320. The molecule has 0 aliphatic carbocycles. The smallest absolute Gasteiger partial charge is 0.219 e. The van der Waals surface area contributed by atoms with E-state index in [1.807, 2.05) is 23.1 Å². The third-order valence-electron chi connectivity index (χ3n) is 8.49. The zero-order valence-corrected chi connectivity index (χ0v) is 25.2. The van der Waals surface area contributed by atoms with Crippen LogP contribution in [0.5, 0.6) is 0 Å². The van der Waals surface area contributed by atoms with Crippen molar-refractivity contribution in [2.45, 2.75) is 51.1 Å². The summed E-state index contributed by atoms with van der Waals surface area (Å²) in [6, 6.07) is 16.3. The summed E-state index contributed by atoms with van der Waals surface area (Å²) in [6.07, 6.45) is 3.03. The first-order valence-electron chi connectivity index (χ1n) is 14.7. The van der Waals surface area contributed by atoms with Crippen LogP contribution in [0.1, 0.15) is 49.9 Å². The Hall–Kier alpha value is -3.76. The molecule has 10 heteroatoms. The number of carbonyl (C=O) groups excluding carboxylic acids is 1. The van der Waals surface area contributed by atoms with Crippen LogP contribution in [-0.2, 0) is 27.6 Å². The van der Waals surface area contributed by atoms with Gasteiger partial charge >= 0.3 is 0 Å². The fourth-order valence-electron chi connectivity index (χ4n) is 6.13. The fraction of sp³-hybridized carbons (Fsp3) is 0.406. The topological polar surface area (TPSA) is 111 Å². The van der Waals surface area contributed by atoms with Gasteiger partial charge in [-0.1, -0.05) is 44.2 Å². The van der Waals surface area contributed by atoms with Gasteiger partial charge in [-0.25, -0.2) is 18.4 Å². The van der Waals surface area contributed by atoms with E-state index in [1.165, 1.54) is 5.56 Å². The van der Waals surface area contributed by atoms with Crippen molar-refractivity contribution in [2.75, 3.05) is 37.2 Å². The van der Waals surface area contributed by atoms with E-state index in [1.54, 1.807) is 13.3 Å². The van der Waals surface area contributed by atoms with Crippen molar-refractivity contribution in [2.24, 2.45) is 5.92 Å². The molecule has 220 valence electrons. The van der Waals surface area contributed by atoms with Gasteiger partial charge in [0.05, 0.1) is 22.1 Å². The maximum Gasteiger partial charge on any atom is 0.219 e. The van der Waals surface area contributed by atoms with Crippen LogP contribution in [-0.4, -0.2) is 71.0 Å². The summed E-state index contributed by atoms with van der Waals surface area (Å²) in [7, 11) is -3.25. The van der Waals surface area contributed by atoms with Crippen LogP contribution in [0.15, 0.2) is 59.8 Å². The number of amides is 1. The zero-order valence-electron chi connectivity index (χ0n) is 24.4. The average molecular weight is 587 g/mol. The van der Waals surface area contributed by atoms with Gasteiger partial charge in [0, 0.05) is 45.3 Å². The van der Waals surface area contributed by atoms with E-state index in [4.69, 9.17) is 0 Å². The lowest BCUT2D eigenvalue weighted by molar-refractivity contribution is -0.130. The minimum atomic E-state index is -3.25. The second kappa shape index (κ2) is 11.5. The number of anilines is 1. The van der Waals surface area contributed by atoms with Gasteiger partial charge in [0.25, 0.3) is 0 Å². The predicted molar refractivity (Wildman–Crippen MR) is 165 cm³/mol. The van der Waals surface area contributed by atoms with E-state index in [0.717, 1.165) is 72.6 Å². The Labute approximate surface area is 247 Å². The van der Waals surface area contributed by atoms with E-state index in [2.05, 4.69) is 69.3 Å². The third kappa shape index (κ3) is 5.78. The predicted octanol–water partition coefficient (Wildman–Crippen LogP) is 4.82. The number of hydrogen-bond acceptors (Lipinski definition) is 7. The van der Waals surface area contributed by atoms with E-state index >= 15 is 0 Å². The minimum Gasteiger partial charge on any atom is -0.362 e. The number of nitrogens with one attached hydrogen (secondary N) is 2. The number of aromatic amines is 1.